The van der Waals surface area contributed by atoms with Gasteiger partial charge in [0.05, 0.1) is 18.2 Å². The summed E-state index contributed by atoms with van der Waals surface area (Å²) in [6.07, 6.45) is 9.38. The smallest absolute Gasteiger partial charge is 0.121 e. The first-order chi connectivity index (χ1) is 9.84. The van der Waals surface area contributed by atoms with E-state index >= 15 is 0 Å². The molecule has 104 valence electrons. The van der Waals surface area contributed by atoms with Crippen LogP contribution in [-0.4, -0.2) is 14.7 Å². The lowest BCUT2D eigenvalue weighted by atomic mass is 9.77. The molecule has 0 spiro atoms. The molecule has 1 aromatic carbocycles. The van der Waals surface area contributed by atoms with Gasteiger partial charge in [0.15, 0.2) is 0 Å². The Bertz CT molecular complexity index is 611. The van der Waals surface area contributed by atoms with Crippen molar-refractivity contribution in [1.29, 1.82) is 0 Å². The molecule has 2 saturated carbocycles. The largest absolute Gasteiger partial charge is 0.382 e. The van der Waals surface area contributed by atoms with Crippen LogP contribution in [0.4, 0.5) is 0 Å². The minimum Gasteiger partial charge on any atom is -0.382 e. The van der Waals surface area contributed by atoms with E-state index in [0.717, 1.165) is 11.3 Å². The molecule has 0 radical (unpaired) electrons. The summed E-state index contributed by atoms with van der Waals surface area (Å²) in [5, 5.41) is 10.8. The van der Waals surface area contributed by atoms with Crippen LogP contribution in [-0.2, 0) is 0 Å². The molecule has 2 fully saturated rings. The normalized spacial score (nSPS) is 20.6. The molecule has 2 aliphatic carbocycles. The number of rotatable bonds is 4. The molecule has 1 atom stereocenters. The monoisotopic (exact) mass is 268 g/mol. The van der Waals surface area contributed by atoms with Gasteiger partial charge in [0, 0.05) is 6.04 Å². The highest BCUT2D eigenvalue weighted by Gasteiger charge is 2.30. The molecule has 2 aliphatic rings. The third-order valence-electron chi connectivity index (χ3n) is 4.75. The van der Waals surface area contributed by atoms with Crippen LogP contribution in [0, 0.1) is 0 Å². The SMILES string of the molecule is OC(c1ccccc1C1CCC1)c1cncn1C1CC1. The van der Waals surface area contributed by atoms with Crippen molar-refractivity contribution in [1.82, 2.24) is 9.55 Å². The van der Waals surface area contributed by atoms with E-state index in [-0.39, 0.29) is 0 Å². The Kier molecular flexibility index (Phi) is 2.88. The summed E-state index contributed by atoms with van der Waals surface area (Å²) in [6, 6.07) is 8.92. The molecule has 20 heavy (non-hydrogen) atoms. The highest BCUT2D eigenvalue weighted by Crippen LogP contribution is 2.42. The fraction of sp³-hybridized carbons (Fsp3) is 0.471. The van der Waals surface area contributed by atoms with Crippen LogP contribution >= 0.6 is 0 Å². The lowest BCUT2D eigenvalue weighted by Gasteiger charge is -2.29. The molecule has 1 heterocycles. The summed E-state index contributed by atoms with van der Waals surface area (Å²) in [6.45, 7) is 0. The molecule has 1 aromatic heterocycles. The molecule has 3 nitrogen and oxygen atoms in total. The molecule has 2 aromatic rings. The summed E-state index contributed by atoms with van der Waals surface area (Å²) in [5.74, 6) is 0.637. The lowest BCUT2D eigenvalue weighted by molar-refractivity contribution is 0.206. The van der Waals surface area contributed by atoms with Crippen LogP contribution in [0.15, 0.2) is 36.8 Å². The molecule has 0 amide bonds. The number of hydrogen-bond acceptors (Lipinski definition) is 2. The maximum Gasteiger partial charge on any atom is 0.121 e. The Morgan fingerprint density at radius 2 is 1.95 bits per heavy atom. The van der Waals surface area contributed by atoms with Gasteiger partial charge >= 0.3 is 0 Å². The van der Waals surface area contributed by atoms with Crippen molar-refractivity contribution in [3.05, 3.63) is 53.6 Å². The highest BCUT2D eigenvalue weighted by molar-refractivity contribution is 5.37. The number of nitrogens with zero attached hydrogens (tertiary/aromatic N) is 2. The molecule has 0 aliphatic heterocycles. The van der Waals surface area contributed by atoms with Gasteiger partial charge in [0.1, 0.15) is 6.10 Å². The van der Waals surface area contributed by atoms with E-state index in [0.29, 0.717) is 12.0 Å². The second-order valence-electron chi connectivity index (χ2n) is 6.12. The van der Waals surface area contributed by atoms with E-state index in [9.17, 15) is 5.11 Å². The van der Waals surface area contributed by atoms with Crippen LogP contribution in [0.25, 0.3) is 0 Å². The predicted octanol–water partition coefficient (Wildman–Crippen LogP) is 3.57. The number of aliphatic hydroxyl groups is 1. The van der Waals surface area contributed by atoms with Crippen molar-refractivity contribution in [3.8, 4) is 0 Å². The summed E-state index contributed by atoms with van der Waals surface area (Å²) >= 11 is 0. The number of imidazole rings is 1. The molecule has 1 N–H and O–H groups in total. The third kappa shape index (κ3) is 1.97. The topological polar surface area (TPSA) is 38.1 Å². The van der Waals surface area contributed by atoms with Crippen molar-refractivity contribution < 1.29 is 5.11 Å². The van der Waals surface area contributed by atoms with Crippen molar-refractivity contribution >= 4 is 0 Å². The van der Waals surface area contributed by atoms with Crippen molar-refractivity contribution in [2.24, 2.45) is 0 Å². The second-order valence-corrected chi connectivity index (χ2v) is 6.12. The van der Waals surface area contributed by atoms with Crippen molar-refractivity contribution in [3.63, 3.8) is 0 Å². The molecule has 0 saturated heterocycles. The van der Waals surface area contributed by atoms with E-state index < -0.39 is 6.10 Å². The van der Waals surface area contributed by atoms with Gasteiger partial charge in [-0.25, -0.2) is 4.98 Å². The Labute approximate surface area is 119 Å². The van der Waals surface area contributed by atoms with Gasteiger partial charge in [0.25, 0.3) is 0 Å². The highest BCUT2D eigenvalue weighted by atomic mass is 16.3. The van der Waals surface area contributed by atoms with E-state index in [4.69, 9.17) is 0 Å². The van der Waals surface area contributed by atoms with E-state index in [1.54, 1.807) is 0 Å². The van der Waals surface area contributed by atoms with Crippen LogP contribution < -0.4 is 0 Å². The first-order valence-electron chi connectivity index (χ1n) is 7.63. The van der Waals surface area contributed by atoms with E-state index in [1.807, 2.05) is 18.6 Å². The minimum atomic E-state index is -0.546. The number of aliphatic hydroxyl groups excluding tert-OH is 1. The molecular formula is C17H20N2O. The number of hydrogen-bond donors (Lipinski definition) is 1. The first-order valence-corrected chi connectivity index (χ1v) is 7.63. The van der Waals surface area contributed by atoms with E-state index in [2.05, 4.69) is 27.8 Å². The zero-order valence-corrected chi connectivity index (χ0v) is 11.6. The third-order valence-corrected chi connectivity index (χ3v) is 4.75. The van der Waals surface area contributed by atoms with Gasteiger partial charge in [-0.3, -0.25) is 0 Å². The zero-order valence-electron chi connectivity index (χ0n) is 11.6. The van der Waals surface area contributed by atoms with Gasteiger partial charge in [-0.15, -0.1) is 0 Å². The van der Waals surface area contributed by atoms with E-state index in [1.165, 1.54) is 37.7 Å². The predicted molar refractivity (Wildman–Crippen MR) is 77.6 cm³/mol. The molecule has 1 unspecified atom stereocenters. The quantitative estimate of drug-likeness (QED) is 0.920. The number of benzene rings is 1. The average Bonchev–Trinajstić information content (AvgIpc) is 3.14. The average molecular weight is 268 g/mol. The Balaban J connectivity index is 1.70. The summed E-state index contributed by atoms with van der Waals surface area (Å²) in [4.78, 5) is 4.24. The maximum atomic E-state index is 10.8. The fourth-order valence-electron chi connectivity index (χ4n) is 3.19. The van der Waals surface area contributed by atoms with Crippen molar-refractivity contribution in [2.45, 2.75) is 50.2 Å². The summed E-state index contributed by atoms with van der Waals surface area (Å²) < 4.78 is 2.15. The molecule has 4 rings (SSSR count). The lowest BCUT2D eigenvalue weighted by Crippen LogP contribution is -2.15. The molecular weight excluding hydrogens is 248 g/mol. The van der Waals surface area contributed by atoms with Gasteiger partial charge in [-0.2, -0.15) is 0 Å². The Hall–Kier alpha value is -1.61. The fourth-order valence-corrected chi connectivity index (χ4v) is 3.19. The van der Waals surface area contributed by atoms with Crippen LogP contribution in [0.1, 0.15) is 67.0 Å². The zero-order chi connectivity index (χ0) is 13.5. The second kappa shape index (κ2) is 4.74. The van der Waals surface area contributed by atoms with Gasteiger partial charge in [-0.1, -0.05) is 30.7 Å². The van der Waals surface area contributed by atoms with Crippen LogP contribution in [0.3, 0.4) is 0 Å². The summed E-state index contributed by atoms with van der Waals surface area (Å²) in [7, 11) is 0. The van der Waals surface area contributed by atoms with Gasteiger partial charge in [0.2, 0.25) is 0 Å². The Morgan fingerprint density at radius 3 is 2.65 bits per heavy atom. The molecule has 0 bridgehead atoms. The summed E-state index contributed by atoms with van der Waals surface area (Å²) in [5.41, 5.74) is 3.34. The maximum absolute atomic E-state index is 10.8. The minimum absolute atomic E-state index is 0.546. The molecule has 3 heteroatoms. The first kappa shape index (κ1) is 12.2. The van der Waals surface area contributed by atoms with Crippen molar-refractivity contribution in [2.75, 3.05) is 0 Å². The van der Waals surface area contributed by atoms with Gasteiger partial charge < -0.3 is 9.67 Å². The standard InChI is InChI=1S/C17H20N2O/c20-17(16-10-18-11-19(16)13-8-9-13)15-7-2-1-6-14(15)12-4-3-5-12/h1-2,6-7,10-13,17,20H,3-5,8-9H2. The number of aromatic nitrogens is 2. The van der Waals surface area contributed by atoms with Crippen LogP contribution in [0.5, 0.6) is 0 Å². The van der Waals surface area contributed by atoms with Crippen LogP contribution in [0.2, 0.25) is 0 Å². The van der Waals surface area contributed by atoms with Gasteiger partial charge in [-0.05, 0) is 42.7 Å². The Morgan fingerprint density at radius 1 is 1.15 bits per heavy atom.